The van der Waals surface area contributed by atoms with E-state index >= 15 is 0 Å². The first-order valence-corrected chi connectivity index (χ1v) is 8.00. The molecule has 0 aliphatic heterocycles. The molecule has 144 valence electrons. The van der Waals surface area contributed by atoms with E-state index in [2.05, 4.69) is 0 Å². The normalized spacial score (nSPS) is 9.10. The van der Waals surface area contributed by atoms with Crippen molar-refractivity contribution in [1.29, 1.82) is 0 Å². The number of carboxylic acid groups (broad SMARTS) is 2. The van der Waals surface area contributed by atoms with Crippen LogP contribution >= 0.6 is 0 Å². The molecule has 29 heavy (non-hydrogen) atoms. The van der Waals surface area contributed by atoms with E-state index in [9.17, 15) is 9.59 Å². The standard InChI is InChI=1S/2C11H8O2.2O.Zr/c2*12-11(13)10-7-3-5-8-4-1-2-6-9(8)10;;;/h2*1-7H,(H,12,13);;;/q;;2*-2;+4. The van der Waals surface area contributed by atoms with Crippen molar-refractivity contribution in [3.05, 3.63) is 96.1 Å². The average molecular weight is 468 g/mol. The smallest absolute Gasteiger partial charge is 2.00 e. The predicted octanol–water partition coefficient (Wildman–Crippen LogP) is 4.84. The molecule has 0 heterocycles. The number of rotatable bonds is 2. The van der Waals surface area contributed by atoms with Crippen molar-refractivity contribution in [2.45, 2.75) is 0 Å². The first kappa shape index (κ1) is 26.1. The van der Waals surface area contributed by atoms with Gasteiger partial charge in [-0.15, -0.1) is 0 Å². The molecule has 0 spiro atoms. The number of hydrogen-bond donors (Lipinski definition) is 2. The summed E-state index contributed by atoms with van der Waals surface area (Å²) in [4.78, 5) is 21.6. The molecule has 0 radical (unpaired) electrons. The third kappa shape index (κ3) is 6.06. The van der Waals surface area contributed by atoms with Gasteiger partial charge in [-0.25, -0.2) is 9.59 Å². The van der Waals surface area contributed by atoms with Crippen LogP contribution in [0.3, 0.4) is 0 Å². The largest absolute Gasteiger partial charge is 4.00 e. The van der Waals surface area contributed by atoms with E-state index in [1.807, 2.05) is 60.7 Å². The van der Waals surface area contributed by atoms with Crippen molar-refractivity contribution in [3.8, 4) is 0 Å². The Morgan fingerprint density at radius 1 is 0.517 bits per heavy atom. The van der Waals surface area contributed by atoms with E-state index in [0.29, 0.717) is 11.1 Å². The maximum absolute atomic E-state index is 10.8. The van der Waals surface area contributed by atoms with Gasteiger partial charge in [-0.1, -0.05) is 72.8 Å². The van der Waals surface area contributed by atoms with E-state index in [4.69, 9.17) is 10.2 Å². The molecule has 0 saturated carbocycles. The van der Waals surface area contributed by atoms with Crippen molar-refractivity contribution in [2.75, 3.05) is 0 Å². The Bertz CT molecular complexity index is 1010. The monoisotopic (exact) mass is 466 g/mol. The van der Waals surface area contributed by atoms with Crippen LogP contribution in [0.5, 0.6) is 0 Å². The third-order valence-corrected chi connectivity index (χ3v) is 4.04. The Labute approximate surface area is 186 Å². The van der Waals surface area contributed by atoms with E-state index in [1.165, 1.54) is 0 Å². The zero-order valence-corrected chi connectivity index (χ0v) is 17.6. The Hall–Kier alpha value is -2.86. The fraction of sp³-hybridized carbons (Fsp3) is 0. The summed E-state index contributed by atoms with van der Waals surface area (Å²) >= 11 is 0. The average Bonchev–Trinajstić information content (AvgIpc) is 2.67. The zero-order chi connectivity index (χ0) is 18.5. The second kappa shape index (κ2) is 11.9. The van der Waals surface area contributed by atoms with Gasteiger partial charge in [0.15, 0.2) is 0 Å². The topological polar surface area (TPSA) is 132 Å². The number of aromatic carboxylic acids is 2. The van der Waals surface area contributed by atoms with Crippen molar-refractivity contribution in [1.82, 2.24) is 0 Å². The van der Waals surface area contributed by atoms with Crippen molar-refractivity contribution in [2.24, 2.45) is 0 Å². The minimum absolute atomic E-state index is 0. The summed E-state index contributed by atoms with van der Waals surface area (Å²) < 4.78 is 0. The summed E-state index contributed by atoms with van der Waals surface area (Å²) in [5.41, 5.74) is 0.719. The van der Waals surface area contributed by atoms with E-state index in [0.717, 1.165) is 21.5 Å². The predicted molar refractivity (Wildman–Crippen MR) is 103 cm³/mol. The van der Waals surface area contributed by atoms with Gasteiger partial charge in [0.05, 0.1) is 11.1 Å². The second-order valence-corrected chi connectivity index (χ2v) is 5.66. The fourth-order valence-electron chi connectivity index (χ4n) is 2.82. The van der Waals surface area contributed by atoms with Crippen molar-refractivity contribution >= 4 is 33.5 Å². The van der Waals surface area contributed by atoms with Gasteiger partial charge in [-0.05, 0) is 33.7 Å². The Kier molecular flexibility index (Phi) is 10.7. The molecule has 4 aromatic carbocycles. The molecule has 4 aromatic rings. The number of carboxylic acids is 2. The van der Waals surface area contributed by atoms with Gasteiger partial charge < -0.3 is 21.2 Å². The molecule has 0 bridgehead atoms. The molecule has 7 heteroatoms. The van der Waals surface area contributed by atoms with Crippen LogP contribution in [0.2, 0.25) is 0 Å². The Morgan fingerprint density at radius 3 is 1.17 bits per heavy atom. The van der Waals surface area contributed by atoms with Gasteiger partial charge in [0.25, 0.3) is 0 Å². The van der Waals surface area contributed by atoms with Crippen LogP contribution in [0.1, 0.15) is 20.7 Å². The summed E-state index contributed by atoms with van der Waals surface area (Å²) in [5.74, 6) is -1.76. The molecule has 0 amide bonds. The number of fused-ring (bicyclic) bond motifs is 2. The minimum Gasteiger partial charge on any atom is -2.00 e. The first-order chi connectivity index (χ1) is 12.6. The van der Waals surface area contributed by atoms with E-state index in [1.54, 1.807) is 24.3 Å². The van der Waals surface area contributed by atoms with Crippen LogP contribution in [0, 0.1) is 0 Å². The van der Waals surface area contributed by atoms with Crippen LogP contribution < -0.4 is 0 Å². The van der Waals surface area contributed by atoms with Crippen LogP contribution in [-0.2, 0) is 37.2 Å². The number of carbonyl (C=O) groups is 2. The molecule has 0 aliphatic carbocycles. The van der Waals surface area contributed by atoms with Gasteiger partial charge in [-0.2, -0.15) is 0 Å². The number of hydrogen-bond acceptors (Lipinski definition) is 2. The van der Waals surface area contributed by atoms with Crippen LogP contribution in [-0.4, -0.2) is 22.2 Å². The summed E-state index contributed by atoms with van der Waals surface area (Å²) in [6.07, 6.45) is 0. The van der Waals surface area contributed by atoms with Crippen molar-refractivity contribution < 1.29 is 57.0 Å². The van der Waals surface area contributed by atoms with Gasteiger partial charge in [0, 0.05) is 0 Å². The molecular weight excluding hydrogens is 451 g/mol. The molecule has 0 aromatic heterocycles. The van der Waals surface area contributed by atoms with E-state index in [-0.39, 0.29) is 37.2 Å². The molecule has 0 unspecified atom stereocenters. The first-order valence-electron chi connectivity index (χ1n) is 8.00. The minimum atomic E-state index is -0.878. The summed E-state index contributed by atoms with van der Waals surface area (Å²) in [5, 5.41) is 21.3. The quantitative estimate of drug-likeness (QED) is 0.437. The van der Waals surface area contributed by atoms with Gasteiger partial charge in [0.2, 0.25) is 0 Å². The van der Waals surface area contributed by atoms with E-state index < -0.39 is 11.9 Å². The van der Waals surface area contributed by atoms with Crippen LogP contribution in [0.15, 0.2) is 84.9 Å². The van der Waals surface area contributed by atoms with Crippen LogP contribution in [0.25, 0.3) is 21.5 Å². The summed E-state index contributed by atoms with van der Waals surface area (Å²) in [6.45, 7) is 0. The Morgan fingerprint density at radius 2 is 0.828 bits per heavy atom. The molecular formula is C22H16O6Zr. The third-order valence-electron chi connectivity index (χ3n) is 4.04. The molecule has 6 nitrogen and oxygen atoms in total. The SMILES string of the molecule is O=C(O)c1cccc2ccccc12.O=C(O)c1cccc2ccccc12.[O-2].[O-2].[Zr+4]. The van der Waals surface area contributed by atoms with Crippen LogP contribution in [0.4, 0.5) is 0 Å². The number of benzene rings is 4. The molecule has 0 saturated heterocycles. The van der Waals surface area contributed by atoms with Gasteiger partial charge in [0.1, 0.15) is 0 Å². The molecule has 0 aliphatic rings. The molecule has 4 rings (SSSR count). The Balaban J connectivity index is 0.000000490. The maximum atomic E-state index is 10.8. The van der Waals surface area contributed by atoms with Crippen molar-refractivity contribution in [3.63, 3.8) is 0 Å². The molecule has 0 fully saturated rings. The zero-order valence-electron chi connectivity index (χ0n) is 15.1. The summed E-state index contributed by atoms with van der Waals surface area (Å²) in [7, 11) is 0. The maximum Gasteiger partial charge on any atom is 4.00 e. The van der Waals surface area contributed by atoms with Gasteiger partial charge >= 0.3 is 38.1 Å². The molecule has 0 atom stereocenters. The second-order valence-electron chi connectivity index (χ2n) is 5.66. The molecule has 2 N–H and O–H groups in total. The summed E-state index contributed by atoms with van der Waals surface area (Å²) in [6, 6.07) is 25.5. The van der Waals surface area contributed by atoms with Gasteiger partial charge in [-0.3, -0.25) is 0 Å². The fourth-order valence-corrected chi connectivity index (χ4v) is 2.82.